The van der Waals surface area contributed by atoms with Gasteiger partial charge in [0.1, 0.15) is 11.5 Å². The summed E-state index contributed by atoms with van der Waals surface area (Å²) in [7, 11) is 0. The minimum absolute atomic E-state index is 0.766. The quantitative estimate of drug-likeness (QED) is 0.470. The normalized spacial score (nSPS) is 10.4. The molecule has 0 spiro atoms. The molecule has 2 rings (SSSR count). The van der Waals surface area contributed by atoms with E-state index >= 15 is 0 Å². The van der Waals surface area contributed by atoms with E-state index in [1.54, 1.807) is 0 Å². The van der Waals surface area contributed by atoms with Crippen LogP contribution in [0.25, 0.3) is 0 Å². The molecule has 0 fully saturated rings. The SMILES string of the molecule is Brc1ccc(Oc2cccc(Br)c2Br)c(Br)c1. The molecule has 0 bridgehead atoms. The molecule has 88 valence electrons. The Bertz CT molecular complexity index is 554. The Balaban J connectivity index is 2.35. The Hall–Kier alpha value is 0.160. The zero-order valence-electron chi connectivity index (χ0n) is 8.38. The fourth-order valence-electron chi connectivity index (χ4n) is 1.24. The molecule has 17 heavy (non-hydrogen) atoms. The fourth-order valence-corrected chi connectivity index (χ4v) is 3.06. The van der Waals surface area contributed by atoms with Crippen LogP contribution < -0.4 is 4.74 Å². The van der Waals surface area contributed by atoms with E-state index < -0.39 is 0 Å². The standard InChI is InChI=1S/C12H6Br4O/c13-7-4-5-10(9(15)6-7)17-11-3-1-2-8(14)12(11)16/h1-6H. The monoisotopic (exact) mass is 482 g/mol. The average Bonchev–Trinajstić information content (AvgIpc) is 2.28. The zero-order chi connectivity index (χ0) is 12.4. The summed E-state index contributed by atoms with van der Waals surface area (Å²) in [5, 5.41) is 0. The Morgan fingerprint density at radius 2 is 1.53 bits per heavy atom. The number of hydrogen-bond donors (Lipinski definition) is 0. The molecule has 5 heteroatoms. The van der Waals surface area contributed by atoms with Crippen LogP contribution in [0.1, 0.15) is 0 Å². The first-order valence-electron chi connectivity index (χ1n) is 4.65. The third-order valence-electron chi connectivity index (χ3n) is 2.03. The van der Waals surface area contributed by atoms with Crippen molar-refractivity contribution in [3.8, 4) is 11.5 Å². The molecule has 0 saturated carbocycles. The zero-order valence-corrected chi connectivity index (χ0v) is 14.7. The predicted octanol–water partition coefficient (Wildman–Crippen LogP) is 6.53. The molecular weight excluding hydrogens is 480 g/mol. The second-order valence-electron chi connectivity index (χ2n) is 3.23. The summed E-state index contributed by atoms with van der Waals surface area (Å²) in [5.74, 6) is 1.54. The van der Waals surface area contributed by atoms with Crippen LogP contribution in [-0.4, -0.2) is 0 Å². The van der Waals surface area contributed by atoms with Gasteiger partial charge in [-0.15, -0.1) is 0 Å². The van der Waals surface area contributed by atoms with Gasteiger partial charge in [0, 0.05) is 8.95 Å². The number of rotatable bonds is 2. The maximum atomic E-state index is 5.83. The van der Waals surface area contributed by atoms with E-state index in [1.807, 2.05) is 36.4 Å². The van der Waals surface area contributed by atoms with Gasteiger partial charge in [-0.3, -0.25) is 0 Å². The van der Waals surface area contributed by atoms with Crippen molar-refractivity contribution in [2.75, 3.05) is 0 Å². The van der Waals surface area contributed by atoms with E-state index in [4.69, 9.17) is 4.74 Å². The van der Waals surface area contributed by atoms with Crippen molar-refractivity contribution >= 4 is 63.7 Å². The molecule has 0 aliphatic rings. The van der Waals surface area contributed by atoms with Gasteiger partial charge in [0.2, 0.25) is 0 Å². The van der Waals surface area contributed by atoms with E-state index in [0.29, 0.717) is 0 Å². The van der Waals surface area contributed by atoms with E-state index in [9.17, 15) is 0 Å². The van der Waals surface area contributed by atoms with Crippen LogP contribution in [-0.2, 0) is 0 Å². The maximum absolute atomic E-state index is 5.83. The largest absolute Gasteiger partial charge is 0.455 e. The minimum Gasteiger partial charge on any atom is -0.455 e. The highest BCUT2D eigenvalue weighted by Gasteiger charge is 2.08. The highest BCUT2D eigenvalue weighted by Crippen LogP contribution is 2.38. The van der Waals surface area contributed by atoms with Gasteiger partial charge in [-0.05, 0) is 78.1 Å². The lowest BCUT2D eigenvalue weighted by Gasteiger charge is -2.10. The molecule has 0 radical (unpaired) electrons. The van der Waals surface area contributed by atoms with Gasteiger partial charge >= 0.3 is 0 Å². The Morgan fingerprint density at radius 1 is 0.765 bits per heavy atom. The molecule has 2 aromatic rings. The van der Waals surface area contributed by atoms with Gasteiger partial charge in [0.25, 0.3) is 0 Å². The summed E-state index contributed by atoms with van der Waals surface area (Å²) in [5.41, 5.74) is 0. The van der Waals surface area contributed by atoms with E-state index in [0.717, 1.165) is 29.4 Å². The van der Waals surface area contributed by atoms with Crippen molar-refractivity contribution in [2.24, 2.45) is 0 Å². The molecule has 0 atom stereocenters. The smallest absolute Gasteiger partial charge is 0.142 e. The highest BCUT2D eigenvalue weighted by atomic mass is 79.9. The van der Waals surface area contributed by atoms with Gasteiger partial charge < -0.3 is 4.74 Å². The molecule has 0 N–H and O–H groups in total. The lowest BCUT2D eigenvalue weighted by Crippen LogP contribution is -1.87. The molecule has 0 saturated heterocycles. The summed E-state index contributed by atoms with van der Waals surface area (Å²) in [6.45, 7) is 0. The molecule has 0 aliphatic heterocycles. The van der Waals surface area contributed by atoms with Crippen LogP contribution in [0.2, 0.25) is 0 Å². The van der Waals surface area contributed by atoms with E-state index in [2.05, 4.69) is 63.7 Å². The fraction of sp³-hybridized carbons (Fsp3) is 0. The van der Waals surface area contributed by atoms with Crippen molar-refractivity contribution in [1.29, 1.82) is 0 Å². The number of benzene rings is 2. The Kier molecular flexibility index (Phi) is 4.69. The average molecular weight is 486 g/mol. The highest BCUT2D eigenvalue weighted by molar-refractivity contribution is 9.13. The predicted molar refractivity (Wildman–Crippen MR) is 83.8 cm³/mol. The van der Waals surface area contributed by atoms with Crippen LogP contribution >= 0.6 is 63.7 Å². The summed E-state index contributed by atoms with van der Waals surface area (Å²) in [6, 6.07) is 11.6. The van der Waals surface area contributed by atoms with Crippen LogP contribution in [0, 0.1) is 0 Å². The first-order chi connectivity index (χ1) is 8.08. The second kappa shape index (κ2) is 5.87. The minimum atomic E-state index is 0.766. The molecule has 0 aliphatic carbocycles. The Morgan fingerprint density at radius 3 is 2.24 bits per heavy atom. The molecule has 0 amide bonds. The molecule has 0 heterocycles. The lowest BCUT2D eigenvalue weighted by atomic mass is 10.3. The van der Waals surface area contributed by atoms with Crippen LogP contribution in [0.4, 0.5) is 0 Å². The van der Waals surface area contributed by atoms with Gasteiger partial charge in [-0.25, -0.2) is 0 Å². The summed E-state index contributed by atoms with van der Waals surface area (Å²) in [4.78, 5) is 0. The first kappa shape index (κ1) is 13.6. The summed E-state index contributed by atoms with van der Waals surface area (Å²) >= 11 is 13.8. The van der Waals surface area contributed by atoms with Crippen molar-refractivity contribution in [3.63, 3.8) is 0 Å². The third kappa shape index (κ3) is 3.34. The van der Waals surface area contributed by atoms with Crippen molar-refractivity contribution in [1.82, 2.24) is 0 Å². The summed E-state index contributed by atoms with van der Waals surface area (Å²) < 4.78 is 9.60. The second-order valence-corrected chi connectivity index (χ2v) is 6.65. The summed E-state index contributed by atoms with van der Waals surface area (Å²) in [6.07, 6.45) is 0. The molecule has 1 nitrogen and oxygen atoms in total. The molecule has 0 aromatic heterocycles. The molecule has 0 unspecified atom stereocenters. The van der Waals surface area contributed by atoms with Crippen LogP contribution in [0.5, 0.6) is 11.5 Å². The molecule has 2 aromatic carbocycles. The lowest BCUT2D eigenvalue weighted by molar-refractivity contribution is 0.476. The van der Waals surface area contributed by atoms with Crippen molar-refractivity contribution in [3.05, 3.63) is 54.3 Å². The maximum Gasteiger partial charge on any atom is 0.142 e. The van der Waals surface area contributed by atoms with E-state index in [-0.39, 0.29) is 0 Å². The number of ether oxygens (including phenoxy) is 1. The van der Waals surface area contributed by atoms with E-state index in [1.165, 1.54) is 0 Å². The van der Waals surface area contributed by atoms with Gasteiger partial charge in [-0.2, -0.15) is 0 Å². The number of hydrogen-bond acceptors (Lipinski definition) is 1. The van der Waals surface area contributed by atoms with Crippen LogP contribution in [0.15, 0.2) is 54.3 Å². The van der Waals surface area contributed by atoms with Crippen molar-refractivity contribution in [2.45, 2.75) is 0 Å². The molecular formula is C12H6Br4O. The first-order valence-corrected chi connectivity index (χ1v) is 7.82. The van der Waals surface area contributed by atoms with Gasteiger partial charge in [-0.1, -0.05) is 22.0 Å². The van der Waals surface area contributed by atoms with Gasteiger partial charge in [0.15, 0.2) is 0 Å². The van der Waals surface area contributed by atoms with Gasteiger partial charge in [0.05, 0.1) is 8.95 Å². The third-order valence-corrected chi connectivity index (χ3v) is 5.15. The number of halogens is 4. The van der Waals surface area contributed by atoms with Crippen LogP contribution in [0.3, 0.4) is 0 Å². The topological polar surface area (TPSA) is 9.23 Å². The van der Waals surface area contributed by atoms with Crippen molar-refractivity contribution < 1.29 is 4.74 Å². The Labute approximate surface area is 133 Å².